The molecular formula is C14H24N4. The molecule has 2 saturated heterocycles. The van der Waals surface area contributed by atoms with E-state index in [0.29, 0.717) is 12.1 Å². The van der Waals surface area contributed by atoms with Crippen LogP contribution in [0, 0.1) is 6.92 Å². The van der Waals surface area contributed by atoms with Crippen molar-refractivity contribution in [2.45, 2.75) is 51.2 Å². The molecule has 0 radical (unpaired) electrons. The van der Waals surface area contributed by atoms with Crippen LogP contribution in [0.3, 0.4) is 0 Å². The van der Waals surface area contributed by atoms with Gasteiger partial charge in [-0.15, -0.1) is 0 Å². The third-order valence-electron chi connectivity index (χ3n) is 4.59. The van der Waals surface area contributed by atoms with Gasteiger partial charge in [0.2, 0.25) is 0 Å². The van der Waals surface area contributed by atoms with Crippen molar-refractivity contribution < 1.29 is 0 Å². The second kappa shape index (κ2) is 4.67. The van der Waals surface area contributed by atoms with Crippen LogP contribution in [0.15, 0.2) is 6.20 Å². The Morgan fingerprint density at radius 3 is 2.94 bits per heavy atom. The molecule has 0 amide bonds. The zero-order valence-corrected chi connectivity index (χ0v) is 11.7. The highest BCUT2D eigenvalue weighted by Crippen LogP contribution is 2.29. The second-order valence-corrected chi connectivity index (χ2v) is 5.87. The molecule has 0 aliphatic carbocycles. The third-order valence-corrected chi connectivity index (χ3v) is 4.59. The van der Waals surface area contributed by atoms with Crippen molar-refractivity contribution in [3.05, 3.63) is 17.5 Å². The van der Waals surface area contributed by atoms with E-state index in [0.717, 1.165) is 11.7 Å². The Bertz CT molecular complexity index is 425. The highest BCUT2D eigenvalue weighted by atomic mass is 15.3. The molecule has 3 atom stereocenters. The lowest BCUT2D eigenvalue weighted by atomic mass is 10.0. The van der Waals surface area contributed by atoms with Crippen molar-refractivity contribution >= 4 is 0 Å². The van der Waals surface area contributed by atoms with Gasteiger partial charge in [0, 0.05) is 43.5 Å². The number of nitrogens with zero attached hydrogens (tertiary/aromatic N) is 3. The third kappa shape index (κ3) is 2.08. The molecule has 4 nitrogen and oxygen atoms in total. The number of rotatable bonds is 3. The van der Waals surface area contributed by atoms with Crippen LogP contribution in [0.2, 0.25) is 0 Å². The summed E-state index contributed by atoms with van der Waals surface area (Å²) in [4.78, 5) is 2.65. The summed E-state index contributed by atoms with van der Waals surface area (Å²) in [7, 11) is 2.00. The van der Waals surface area contributed by atoms with Crippen molar-refractivity contribution in [2.75, 3.05) is 13.1 Å². The molecule has 0 aromatic carbocycles. The molecule has 2 aliphatic rings. The van der Waals surface area contributed by atoms with Gasteiger partial charge >= 0.3 is 0 Å². The minimum atomic E-state index is 0.407. The highest BCUT2D eigenvalue weighted by molar-refractivity contribution is 5.19. The fourth-order valence-electron chi connectivity index (χ4n) is 3.73. The van der Waals surface area contributed by atoms with Crippen LogP contribution in [0.1, 0.15) is 43.5 Å². The van der Waals surface area contributed by atoms with E-state index in [1.165, 1.54) is 37.9 Å². The SMILES string of the molecule is Cc1nn(C)cc1C(C)NC1CCN2CCCC12. The van der Waals surface area contributed by atoms with Crippen LogP contribution in [-0.4, -0.2) is 39.9 Å². The van der Waals surface area contributed by atoms with E-state index in [-0.39, 0.29) is 0 Å². The minimum absolute atomic E-state index is 0.407. The van der Waals surface area contributed by atoms with Crippen molar-refractivity contribution in [1.29, 1.82) is 0 Å². The van der Waals surface area contributed by atoms with E-state index in [1.807, 2.05) is 11.7 Å². The topological polar surface area (TPSA) is 33.1 Å². The van der Waals surface area contributed by atoms with Crippen LogP contribution in [0.25, 0.3) is 0 Å². The summed E-state index contributed by atoms with van der Waals surface area (Å²) < 4.78 is 1.92. The van der Waals surface area contributed by atoms with Crippen molar-refractivity contribution in [3.8, 4) is 0 Å². The molecule has 2 aliphatic heterocycles. The zero-order chi connectivity index (χ0) is 12.7. The lowest BCUT2D eigenvalue weighted by Crippen LogP contribution is -2.40. The van der Waals surface area contributed by atoms with Gasteiger partial charge in [0.1, 0.15) is 0 Å². The maximum atomic E-state index is 4.44. The molecule has 1 aromatic heterocycles. The fraction of sp³-hybridized carbons (Fsp3) is 0.786. The molecular weight excluding hydrogens is 224 g/mol. The quantitative estimate of drug-likeness (QED) is 0.882. The summed E-state index contributed by atoms with van der Waals surface area (Å²) in [5, 5.41) is 8.27. The minimum Gasteiger partial charge on any atom is -0.306 e. The number of aryl methyl sites for hydroxylation is 2. The lowest BCUT2D eigenvalue weighted by Gasteiger charge is -2.25. The molecule has 0 bridgehead atoms. The Morgan fingerprint density at radius 1 is 1.39 bits per heavy atom. The van der Waals surface area contributed by atoms with Crippen LogP contribution in [-0.2, 0) is 7.05 Å². The van der Waals surface area contributed by atoms with Gasteiger partial charge in [-0.25, -0.2) is 0 Å². The molecule has 4 heteroatoms. The molecule has 100 valence electrons. The first-order valence-corrected chi connectivity index (χ1v) is 7.15. The van der Waals surface area contributed by atoms with Crippen molar-refractivity contribution in [1.82, 2.24) is 20.0 Å². The monoisotopic (exact) mass is 248 g/mol. The van der Waals surface area contributed by atoms with Crippen molar-refractivity contribution in [3.63, 3.8) is 0 Å². The van der Waals surface area contributed by atoms with Gasteiger partial charge in [-0.3, -0.25) is 9.58 Å². The van der Waals surface area contributed by atoms with Crippen LogP contribution >= 0.6 is 0 Å². The predicted octanol–water partition coefficient (Wildman–Crippen LogP) is 1.62. The molecule has 1 aromatic rings. The summed E-state index contributed by atoms with van der Waals surface area (Å²) in [6.07, 6.45) is 6.20. The van der Waals surface area contributed by atoms with Gasteiger partial charge in [-0.1, -0.05) is 0 Å². The number of fused-ring (bicyclic) bond motifs is 1. The molecule has 2 fully saturated rings. The average Bonchev–Trinajstić information content (AvgIpc) is 2.96. The van der Waals surface area contributed by atoms with Crippen LogP contribution in [0.4, 0.5) is 0 Å². The first kappa shape index (κ1) is 12.2. The standard InChI is InChI=1S/C14H24N4/c1-10(12-9-17(3)16-11(12)2)15-13-6-8-18-7-4-5-14(13)18/h9-10,13-15H,4-8H2,1-3H3. The fourth-order valence-corrected chi connectivity index (χ4v) is 3.73. The Hall–Kier alpha value is -0.870. The van der Waals surface area contributed by atoms with Crippen molar-refractivity contribution in [2.24, 2.45) is 7.05 Å². The normalized spacial score (nSPS) is 29.7. The molecule has 0 spiro atoms. The van der Waals surface area contributed by atoms with E-state index >= 15 is 0 Å². The van der Waals surface area contributed by atoms with Gasteiger partial charge < -0.3 is 5.32 Å². The number of nitrogens with one attached hydrogen (secondary N) is 1. The number of aromatic nitrogens is 2. The van der Waals surface area contributed by atoms with Crippen LogP contribution < -0.4 is 5.32 Å². The van der Waals surface area contributed by atoms with E-state index in [2.05, 4.69) is 35.4 Å². The number of hydrogen-bond acceptors (Lipinski definition) is 3. The van der Waals surface area contributed by atoms with E-state index in [1.54, 1.807) is 0 Å². The molecule has 3 heterocycles. The molecule has 1 N–H and O–H groups in total. The maximum Gasteiger partial charge on any atom is 0.0641 e. The van der Waals surface area contributed by atoms with Crippen LogP contribution in [0.5, 0.6) is 0 Å². The highest BCUT2D eigenvalue weighted by Gasteiger charge is 2.37. The molecule has 18 heavy (non-hydrogen) atoms. The van der Waals surface area contributed by atoms with Gasteiger partial charge in [0.15, 0.2) is 0 Å². The Balaban J connectivity index is 1.67. The first-order valence-electron chi connectivity index (χ1n) is 7.15. The summed E-state index contributed by atoms with van der Waals surface area (Å²) >= 11 is 0. The zero-order valence-electron chi connectivity index (χ0n) is 11.7. The predicted molar refractivity (Wildman–Crippen MR) is 72.5 cm³/mol. The Kier molecular flexibility index (Phi) is 3.16. The summed E-state index contributed by atoms with van der Waals surface area (Å²) in [6.45, 7) is 6.95. The summed E-state index contributed by atoms with van der Waals surface area (Å²) in [5.41, 5.74) is 2.49. The summed E-state index contributed by atoms with van der Waals surface area (Å²) in [6, 6.07) is 1.86. The Labute approximate surface area is 109 Å². The second-order valence-electron chi connectivity index (χ2n) is 5.87. The summed E-state index contributed by atoms with van der Waals surface area (Å²) in [5.74, 6) is 0. The average molecular weight is 248 g/mol. The van der Waals surface area contributed by atoms with Gasteiger partial charge in [0.25, 0.3) is 0 Å². The molecule has 3 rings (SSSR count). The maximum absolute atomic E-state index is 4.44. The largest absolute Gasteiger partial charge is 0.306 e. The van der Waals surface area contributed by atoms with Gasteiger partial charge in [0.05, 0.1) is 5.69 Å². The Morgan fingerprint density at radius 2 is 2.22 bits per heavy atom. The molecule has 3 unspecified atom stereocenters. The lowest BCUT2D eigenvalue weighted by molar-refractivity contribution is 0.291. The van der Waals surface area contributed by atoms with E-state index < -0.39 is 0 Å². The van der Waals surface area contributed by atoms with Gasteiger partial charge in [-0.2, -0.15) is 5.10 Å². The van der Waals surface area contributed by atoms with E-state index in [4.69, 9.17) is 0 Å². The number of hydrogen-bond donors (Lipinski definition) is 1. The first-order chi connectivity index (χ1) is 8.65. The molecule has 0 saturated carbocycles. The van der Waals surface area contributed by atoms with Gasteiger partial charge in [-0.05, 0) is 39.7 Å². The van der Waals surface area contributed by atoms with E-state index in [9.17, 15) is 0 Å². The smallest absolute Gasteiger partial charge is 0.0641 e.